The number of nitriles is 1. The summed E-state index contributed by atoms with van der Waals surface area (Å²) >= 11 is 11.9. The minimum absolute atomic E-state index is 0.00828. The standard InChI is InChI=1S/C25H20Cl2N2O/c1-16-9-17(2)11-18(10-16)12-19-5-3-4-6-20(19)13-21(15-28)25(30)29-22-7-8-23(26)24(27)14-22/h3-11,13-14H,12H2,1-2H3,(H,29,30)/b21-13+. The lowest BCUT2D eigenvalue weighted by atomic mass is 9.96. The van der Waals surface area contributed by atoms with Gasteiger partial charge in [0.25, 0.3) is 5.91 Å². The van der Waals surface area contributed by atoms with Gasteiger partial charge in [-0.1, -0.05) is 76.8 Å². The number of carbonyl (C=O) groups is 1. The number of benzene rings is 3. The topological polar surface area (TPSA) is 52.9 Å². The quantitative estimate of drug-likeness (QED) is 0.356. The summed E-state index contributed by atoms with van der Waals surface area (Å²) in [6.45, 7) is 4.15. The van der Waals surface area contributed by atoms with E-state index in [1.165, 1.54) is 16.7 Å². The van der Waals surface area contributed by atoms with Crippen LogP contribution >= 0.6 is 23.2 Å². The Morgan fingerprint density at radius 2 is 1.70 bits per heavy atom. The summed E-state index contributed by atoms with van der Waals surface area (Å²) in [5, 5.41) is 13.0. The molecule has 3 nitrogen and oxygen atoms in total. The maximum absolute atomic E-state index is 12.6. The van der Waals surface area contributed by atoms with Crippen molar-refractivity contribution >= 4 is 40.9 Å². The van der Waals surface area contributed by atoms with Gasteiger partial charge in [-0.3, -0.25) is 4.79 Å². The van der Waals surface area contributed by atoms with Crippen molar-refractivity contribution < 1.29 is 4.79 Å². The summed E-state index contributed by atoms with van der Waals surface area (Å²) in [4.78, 5) is 12.6. The van der Waals surface area contributed by atoms with Crippen molar-refractivity contribution in [3.63, 3.8) is 0 Å². The molecule has 0 saturated carbocycles. The first-order chi connectivity index (χ1) is 14.4. The molecule has 1 amide bonds. The summed E-state index contributed by atoms with van der Waals surface area (Å²) < 4.78 is 0. The highest BCUT2D eigenvalue weighted by atomic mass is 35.5. The van der Waals surface area contributed by atoms with E-state index in [1.807, 2.05) is 30.3 Å². The number of anilines is 1. The third-order valence-corrected chi connectivity index (χ3v) is 5.31. The van der Waals surface area contributed by atoms with E-state index < -0.39 is 5.91 Å². The molecular weight excluding hydrogens is 415 g/mol. The summed E-state index contributed by atoms with van der Waals surface area (Å²) in [6, 6.07) is 21.0. The molecule has 1 N–H and O–H groups in total. The minimum atomic E-state index is -0.503. The van der Waals surface area contributed by atoms with Gasteiger partial charge in [0.2, 0.25) is 0 Å². The number of halogens is 2. The van der Waals surface area contributed by atoms with Crippen molar-refractivity contribution in [1.29, 1.82) is 5.26 Å². The van der Waals surface area contributed by atoms with Gasteiger partial charge in [0.15, 0.2) is 0 Å². The van der Waals surface area contributed by atoms with Gasteiger partial charge in [-0.05, 0) is 61.2 Å². The van der Waals surface area contributed by atoms with Gasteiger partial charge < -0.3 is 5.32 Å². The van der Waals surface area contributed by atoms with Crippen LogP contribution < -0.4 is 5.32 Å². The Hall–Kier alpha value is -3.06. The average Bonchev–Trinajstić information content (AvgIpc) is 2.69. The lowest BCUT2D eigenvalue weighted by Crippen LogP contribution is -2.13. The van der Waals surface area contributed by atoms with E-state index in [2.05, 4.69) is 37.4 Å². The highest BCUT2D eigenvalue weighted by molar-refractivity contribution is 6.42. The molecule has 0 aliphatic carbocycles. The Morgan fingerprint density at radius 3 is 2.37 bits per heavy atom. The van der Waals surface area contributed by atoms with E-state index >= 15 is 0 Å². The molecule has 150 valence electrons. The summed E-state index contributed by atoms with van der Waals surface area (Å²) in [5.74, 6) is -0.503. The van der Waals surface area contributed by atoms with E-state index in [0.717, 1.165) is 11.1 Å². The fourth-order valence-electron chi connectivity index (χ4n) is 3.30. The van der Waals surface area contributed by atoms with Crippen molar-refractivity contribution in [2.24, 2.45) is 0 Å². The van der Waals surface area contributed by atoms with Crippen LogP contribution in [0, 0.1) is 25.2 Å². The molecule has 30 heavy (non-hydrogen) atoms. The number of nitrogens with one attached hydrogen (secondary N) is 1. The smallest absolute Gasteiger partial charge is 0.266 e. The van der Waals surface area contributed by atoms with Crippen LogP contribution in [0.2, 0.25) is 10.0 Å². The maximum Gasteiger partial charge on any atom is 0.266 e. The predicted molar refractivity (Wildman–Crippen MR) is 124 cm³/mol. The van der Waals surface area contributed by atoms with Gasteiger partial charge in [-0.25, -0.2) is 0 Å². The van der Waals surface area contributed by atoms with Crippen LogP contribution in [0.4, 0.5) is 5.69 Å². The zero-order chi connectivity index (χ0) is 21.7. The molecule has 0 saturated heterocycles. The lowest BCUT2D eigenvalue weighted by Gasteiger charge is -2.10. The largest absolute Gasteiger partial charge is 0.321 e. The van der Waals surface area contributed by atoms with Crippen LogP contribution in [-0.4, -0.2) is 5.91 Å². The maximum atomic E-state index is 12.6. The number of rotatable bonds is 5. The molecule has 0 unspecified atom stereocenters. The highest BCUT2D eigenvalue weighted by Gasteiger charge is 2.12. The highest BCUT2D eigenvalue weighted by Crippen LogP contribution is 2.25. The zero-order valence-electron chi connectivity index (χ0n) is 16.7. The number of amides is 1. The molecule has 3 aromatic carbocycles. The van der Waals surface area contributed by atoms with Crippen molar-refractivity contribution in [2.45, 2.75) is 20.3 Å². The molecule has 0 heterocycles. The van der Waals surface area contributed by atoms with Crippen LogP contribution in [-0.2, 0) is 11.2 Å². The van der Waals surface area contributed by atoms with Crippen molar-refractivity contribution in [3.05, 3.63) is 104 Å². The Bertz CT molecular complexity index is 1160. The summed E-state index contributed by atoms with van der Waals surface area (Å²) in [5.41, 5.74) is 5.95. The van der Waals surface area contributed by atoms with Gasteiger partial charge in [-0.2, -0.15) is 5.26 Å². The second-order valence-corrected chi connectivity index (χ2v) is 7.94. The fourth-order valence-corrected chi connectivity index (χ4v) is 3.60. The Balaban J connectivity index is 1.87. The zero-order valence-corrected chi connectivity index (χ0v) is 18.2. The second-order valence-electron chi connectivity index (χ2n) is 7.12. The molecule has 0 bridgehead atoms. The SMILES string of the molecule is Cc1cc(C)cc(Cc2ccccc2/C=C(\C#N)C(=O)Nc2ccc(Cl)c(Cl)c2)c1. The Morgan fingerprint density at radius 1 is 1.00 bits per heavy atom. The summed E-state index contributed by atoms with van der Waals surface area (Å²) in [7, 11) is 0. The Kier molecular flexibility index (Phi) is 6.95. The first-order valence-corrected chi connectivity index (χ1v) is 10.1. The molecule has 3 rings (SSSR count). The predicted octanol–water partition coefficient (Wildman–Crippen LogP) is 6.75. The molecule has 0 aromatic heterocycles. The van der Waals surface area contributed by atoms with Gasteiger partial charge in [-0.15, -0.1) is 0 Å². The van der Waals surface area contributed by atoms with Crippen LogP contribution in [0.1, 0.15) is 27.8 Å². The fraction of sp³-hybridized carbons (Fsp3) is 0.120. The third kappa shape index (κ3) is 5.51. The van der Waals surface area contributed by atoms with Crippen molar-refractivity contribution in [1.82, 2.24) is 0 Å². The molecule has 0 aliphatic rings. The molecule has 0 spiro atoms. The van der Waals surface area contributed by atoms with Gasteiger partial charge in [0.05, 0.1) is 10.0 Å². The Labute approximate surface area is 186 Å². The number of aryl methyl sites for hydroxylation is 2. The third-order valence-electron chi connectivity index (χ3n) is 4.57. The van der Waals surface area contributed by atoms with Crippen molar-refractivity contribution in [2.75, 3.05) is 5.32 Å². The molecular formula is C25H20Cl2N2O. The monoisotopic (exact) mass is 434 g/mol. The van der Waals surface area contributed by atoms with Gasteiger partial charge in [0, 0.05) is 5.69 Å². The average molecular weight is 435 g/mol. The molecule has 0 fully saturated rings. The van der Waals surface area contributed by atoms with Crippen LogP contribution in [0.25, 0.3) is 6.08 Å². The number of carbonyl (C=O) groups excluding carboxylic acids is 1. The molecule has 0 aliphatic heterocycles. The van der Waals surface area contributed by atoms with Crippen LogP contribution in [0.3, 0.4) is 0 Å². The van der Waals surface area contributed by atoms with E-state index in [-0.39, 0.29) is 5.57 Å². The number of hydrogen-bond acceptors (Lipinski definition) is 2. The van der Waals surface area contributed by atoms with Gasteiger partial charge >= 0.3 is 0 Å². The molecule has 0 atom stereocenters. The minimum Gasteiger partial charge on any atom is -0.321 e. The molecule has 5 heteroatoms. The van der Waals surface area contributed by atoms with E-state index in [1.54, 1.807) is 24.3 Å². The van der Waals surface area contributed by atoms with Crippen LogP contribution in [0.15, 0.2) is 66.2 Å². The van der Waals surface area contributed by atoms with E-state index in [4.69, 9.17) is 23.2 Å². The normalized spacial score (nSPS) is 11.1. The number of nitrogens with zero attached hydrogens (tertiary/aromatic N) is 1. The van der Waals surface area contributed by atoms with E-state index in [9.17, 15) is 10.1 Å². The molecule has 3 aromatic rings. The lowest BCUT2D eigenvalue weighted by molar-refractivity contribution is -0.112. The first-order valence-electron chi connectivity index (χ1n) is 9.39. The second kappa shape index (κ2) is 9.63. The molecule has 0 radical (unpaired) electrons. The van der Waals surface area contributed by atoms with Crippen LogP contribution in [0.5, 0.6) is 0 Å². The van der Waals surface area contributed by atoms with Gasteiger partial charge in [0.1, 0.15) is 11.6 Å². The first kappa shape index (κ1) is 21.6. The van der Waals surface area contributed by atoms with Crippen molar-refractivity contribution in [3.8, 4) is 6.07 Å². The van der Waals surface area contributed by atoms with E-state index in [0.29, 0.717) is 22.2 Å². The number of hydrogen-bond donors (Lipinski definition) is 1. The summed E-state index contributed by atoms with van der Waals surface area (Å²) in [6.07, 6.45) is 2.33.